The summed E-state index contributed by atoms with van der Waals surface area (Å²) < 4.78 is 0. The molecule has 0 N–H and O–H groups in total. The smallest absolute Gasteiger partial charge is 0.282 e. The molecule has 0 spiro atoms. The second-order valence-electron chi connectivity index (χ2n) is 6.67. The van der Waals surface area contributed by atoms with Gasteiger partial charge in [-0.1, -0.05) is 32.8 Å². The highest BCUT2D eigenvalue weighted by Gasteiger charge is 2.45. The third kappa shape index (κ3) is 3.70. The maximum Gasteiger partial charge on any atom is 0.282 e. The number of fused-ring (bicyclic) bond motifs is 1. The SMILES string of the molecule is CCC(CC)CN(CC)C(=O)C(C)N1C(=O)c2cccc([N+](=O)[O-])c2C1=O. The molecule has 2 rings (SSSR count). The van der Waals surface area contributed by atoms with Crippen molar-refractivity contribution < 1.29 is 19.3 Å². The van der Waals surface area contributed by atoms with Gasteiger partial charge in [-0.3, -0.25) is 29.4 Å². The van der Waals surface area contributed by atoms with E-state index >= 15 is 0 Å². The number of rotatable bonds is 8. The van der Waals surface area contributed by atoms with Crippen LogP contribution in [-0.2, 0) is 4.79 Å². The molecule has 1 heterocycles. The van der Waals surface area contributed by atoms with Crippen LogP contribution in [0, 0.1) is 16.0 Å². The average molecular weight is 375 g/mol. The standard InChI is InChI=1S/C19H25N3O5/c1-5-13(6-2)11-20(7-3)17(23)12(4)21-18(24)14-9-8-10-15(22(26)27)16(14)19(21)25/h8-10,12-13H,5-7,11H2,1-4H3. The molecule has 27 heavy (non-hydrogen) atoms. The second kappa shape index (κ2) is 8.28. The van der Waals surface area contributed by atoms with Crippen LogP contribution in [-0.4, -0.2) is 51.6 Å². The number of nitro groups is 1. The summed E-state index contributed by atoms with van der Waals surface area (Å²) in [6.07, 6.45) is 1.85. The minimum absolute atomic E-state index is 0.0307. The monoisotopic (exact) mass is 375 g/mol. The summed E-state index contributed by atoms with van der Waals surface area (Å²) in [6.45, 7) is 8.46. The Morgan fingerprint density at radius 1 is 1.19 bits per heavy atom. The Hall–Kier alpha value is -2.77. The summed E-state index contributed by atoms with van der Waals surface area (Å²) in [7, 11) is 0. The molecule has 8 heteroatoms. The molecule has 1 aliphatic rings. The molecule has 1 aliphatic heterocycles. The van der Waals surface area contributed by atoms with E-state index in [0.29, 0.717) is 19.0 Å². The lowest BCUT2D eigenvalue weighted by atomic mass is 10.0. The van der Waals surface area contributed by atoms with Crippen LogP contribution < -0.4 is 0 Å². The molecule has 1 atom stereocenters. The van der Waals surface area contributed by atoms with Crippen LogP contribution in [0.4, 0.5) is 5.69 Å². The number of amides is 3. The molecular weight excluding hydrogens is 350 g/mol. The molecule has 146 valence electrons. The first-order valence-electron chi connectivity index (χ1n) is 9.22. The largest absolute Gasteiger partial charge is 0.341 e. The number of hydrogen-bond acceptors (Lipinski definition) is 5. The van der Waals surface area contributed by atoms with Crippen molar-refractivity contribution in [2.75, 3.05) is 13.1 Å². The first kappa shape index (κ1) is 20.5. The van der Waals surface area contributed by atoms with E-state index in [1.54, 1.807) is 4.90 Å². The van der Waals surface area contributed by atoms with Gasteiger partial charge in [0.2, 0.25) is 5.91 Å². The lowest BCUT2D eigenvalue weighted by Gasteiger charge is -2.30. The van der Waals surface area contributed by atoms with Crippen molar-refractivity contribution in [3.8, 4) is 0 Å². The molecular formula is C19H25N3O5. The van der Waals surface area contributed by atoms with Crippen LogP contribution in [0.5, 0.6) is 0 Å². The average Bonchev–Trinajstić information content (AvgIpc) is 2.92. The maximum absolute atomic E-state index is 12.9. The molecule has 0 saturated carbocycles. The minimum atomic E-state index is -1.02. The molecule has 8 nitrogen and oxygen atoms in total. The van der Waals surface area contributed by atoms with Crippen molar-refractivity contribution in [1.82, 2.24) is 9.80 Å². The molecule has 0 radical (unpaired) electrons. The third-order valence-electron chi connectivity index (χ3n) is 5.19. The fraction of sp³-hybridized carbons (Fsp3) is 0.526. The summed E-state index contributed by atoms with van der Waals surface area (Å²) >= 11 is 0. The van der Waals surface area contributed by atoms with Gasteiger partial charge < -0.3 is 4.90 Å². The molecule has 3 amide bonds. The van der Waals surface area contributed by atoms with E-state index in [1.807, 2.05) is 6.92 Å². The quantitative estimate of drug-likeness (QED) is 0.395. The topological polar surface area (TPSA) is 101 Å². The number of carbonyl (C=O) groups is 3. The lowest BCUT2D eigenvalue weighted by molar-refractivity contribution is -0.385. The zero-order chi connectivity index (χ0) is 20.3. The first-order chi connectivity index (χ1) is 12.8. The van der Waals surface area contributed by atoms with Crippen molar-refractivity contribution in [3.63, 3.8) is 0 Å². The number of imide groups is 1. The molecule has 0 aliphatic carbocycles. The molecule has 1 aromatic rings. The normalized spacial score (nSPS) is 14.5. The second-order valence-corrected chi connectivity index (χ2v) is 6.67. The van der Waals surface area contributed by atoms with Crippen LogP contribution in [0.15, 0.2) is 18.2 Å². The van der Waals surface area contributed by atoms with E-state index < -0.39 is 28.5 Å². The van der Waals surface area contributed by atoms with Gasteiger partial charge >= 0.3 is 0 Å². The fourth-order valence-electron chi connectivity index (χ4n) is 3.40. The van der Waals surface area contributed by atoms with Crippen LogP contribution in [0.3, 0.4) is 0 Å². The first-order valence-corrected chi connectivity index (χ1v) is 9.22. The Morgan fingerprint density at radius 2 is 1.81 bits per heavy atom. The minimum Gasteiger partial charge on any atom is -0.341 e. The number of carbonyl (C=O) groups excluding carboxylic acids is 3. The number of benzene rings is 1. The highest BCUT2D eigenvalue weighted by molar-refractivity contribution is 6.24. The van der Waals surface area contributed by atoms with Crippen LogP contribution >= 0.6 is 0 Å². The summed E-state index contributed by atoms with van der Waals surface area (Å²) in [4.78, 5) is 51.4. The fourth-order valence-corrected chi connectivity index (χ4v) is 3.40. The number of nitro benzene ring substituents is 1. The predicted molar refractivity (Wildman–Crippen MR) is 99.4 cm³/mol. The molecule has 0 fully saturated rings. The van der Waals surface area contributed by atoms with Crippen molar-refractivity contribution in [2.24, 2.45) is 5.92 Å². The van der Waals surface area contributed by atoms with E-state index in [1.165, 1.54) is 25.1 Å². The highest BCUT2D eigenvalue weighted by atomic mass is 16.6. The van der Waals surface area contributed by atoms with E-state index in [0.717, 1.165) is 17.7 Å². The van der Waals surface area contributed by atoms with Gasteiger partial charge in [-0.05, 0) is 25.8 Å². The third-order valence-corrected chi connectivity index (χ3v) is 5.19. The van der Waals surface area contributed by atoms with E-state index in [4.69, 9.17) is 0 Å². The maximum atomic E-state index is 12.9. The Bertz CT molecular complexity index is 773. The van der Waals surface area contributed by atoms with Gasteiger partial charge in [0.25, 0.3) is 17.5 Å². The van der Waals surface area contributed by atoms with E-state index in [2.05, 4.69) is 13.8 Å². The van der Waals surface area contributed by atoms with Crippen molar-refractivity contribution in [1.29, 1.82) is 0 Å². The Balaban J connectivity index is 2.31. The molecule has 1 unspecified atom stereocenters. The zero-order valence-electron chi connectivity index (χ0n) is 16.1. The lowest BCUT2D eigenvalue weighted by Crippen LogP contribution is -2.50. The van der Waals surface area contributed by atoms with Gasteiger partial charge in [-0.15, -0.1) is 0 Å². The van der Waals surface area contributed by atoms with Crippen molar-refractivity contribution in [2.45, 2.75) is 46.6 Å². The number of nitrogens with zero attached hydrogens (tertiary/aromatic N) is 3. The van der Waals surface area contributed by atoms with Crippen LogP contribution in [0.2, 0.25) is 0 Å². The van der Waals surface area contributed by atoms with Gasteiger partial charge in [0, 0.05) is 19.2 Å². The summed E-state index contributed by atoms with van der Waals surface area (Å²) in [5.41, 5.74) is -0.690. The summed E-state index contributed by atoms with van der Waals surface area (Å²) in [5, 5.41) is 11.2. The summed E-state index contributed by atoms with van der Waals surface area (Å²) in [5.74, 6) is -1.45. The Kier molecular flexibility index (Phi) is 6.30. The van der Waals surface area contributed by atoms with E-state index in [-0.39, 0.29) is 17.0 Å². The van der Waals surface area contributed by atoms with Gasteiger partial charge in [0.1, 0.15) is 11.6 Å². The zero-order valence-corrected chi connectivity index (χ0v) is 16.1. The van der Waals surface area contributed by atoms with Gasteiger partial charge in [-0.2, -0.15) is 0 Å². The van der Waals surface area contributed by atoms with Crippen LogP contribution in [0.1, 0.15) is 61.3 Å². The highest BCUT2D eigenvalue weighted by Crippen LogP contribution is 2.32. The van der Waals surface area contributed by atoms with Crippen molar-refractivity contribution in [3.05, 3.63) is 39.4 Å². The van der Waals surface area contributed by atoms with Gasteiger partial charge in [0.15, 0.2) is 0 Å². The Morgan fingerprint density at radius 3 is 2.33 bits per heavy atom. The predicted octanol–water partition coefficient (Wildman–Crippen LogP) is 2.86. The van der Waals surface area contributed by atoms with E-state index in [9.17, 15) is 24.5 Å². The Labute approximate surface area is 158 Å². The number of hydrogen-bond donors (Lipinski definition) is 0. The van der Waals surface area contributed by atoms with Crippen molar-refractivity contribution >= 4 is 23.4 Å². The number of likely N-dealkylation sites (N-methyl/N-ethyl adjacent to an activating group) is 1. The van der Waals surface area contributed by atoms with Crippen LogP contribution in [0.25, 0.3) is 0 Å². The molecule has 1 aromatic carbocycles. The molecule has 0 saturated heterocycles. The van der Waals surface area contributed by atoms with Gasteiger partial charge in [0.05, 0.1) is 10.5 Å². The van der Waals surface area contributed by atoms with Gasteiger partial charge in [-0.25, -0.2) is 0 Å². The molecule has 0 bridgehead atoms. The molecule has 0 aromatic heterocycles. The summed E-state index contributed by atoms with van der Waals surface area (Å²) in [6, 6.07) is 2.91.